The van der Waals surface area contributed by atoms with Gasteiger partial charge < -0.3 is 10.0 Å². The highest BCUT2D eigenvalue weighted by molar-refractivity contribution is 5.92. The van der Waals surface area contributed by atoms with Crippen LogP contribution in [0.4, 0.5) is 18.9 Å². The van der Waals surface area contributed by atoms with Gasteiger partial charge in [0.2, 0.25) is 0 Å². The lowest BCUT2D eigenvalue weighted by molar-refractivity contribution is -0.142. The van der Waals surface area contributed by atoms with E-state index in [1.165, 1.54) is 6.07 Å². The Bertz CT molecular complexity index is 781. The largest absolute Gasteiger partial charge is 0.481 e. The van der Waals surface area contributed by atoms with E-state index in [4.69, 9.17) is 5.11 Å². The number of aliphatic carboxylic acids is 1. The number of anilines is 1. The molecule has 0 atom stereocenters. The van der Waals surface area contributed by atoms with Crippen molar-refractivity contribution in [1.29, 1.82) is 0 Å². The number of carbonyl (C=O) groups is 1. The van der Waals surface area contributed by atoms with Crippen LogP contribution in [-0.4, -0.2) is 29.1 Å². The van der Waals surface area contributed by atoms with E-state index >= 15 is 0 Å². The summed E-state index contributed by atoms with van der Waals surface area (Å²) in [5, 5.41) is 9.74. The number of carboxylic acids is 1. The van der Waals surface area contributed by atoms with E-state index in [1.54, 1.807) is 6.92 Å². The number of alkyl halides is 3. The van der Waals surface area contributed by atoms with Crippen molar-refractivity contribution in [3.8, 4) is 0 Å². The number of rotatable bonds is 2. The molecule has 0 aliphatic carbocycles. The van der Waals surface area contributed by atoms with Gasteiger partial charge in [0.15, 0.2) is 0 Å². The molecule has 2 aromatic rings. The lowest BCUT2D eigenvalue weighted by atomic mass is 9.96. The summed E-state index contributed by atoms with van der Waals surface area (Å²) in [5.74, 6) is -1.15. The predicted octanol–water partition coefficient (Wildman–Crippen LogP) is 3.86. The van der Waals surface area contributed by atoms with Gasteiger partial charge >= 0.3 is 12.1 Å². The lowest BCUT2D eigenvalue weighted by Crippen LogP contribution is -2.36. The second-order valence-electron chi connectivity index (χ2n) is 6.11. The Hall–Kier alpha value is -2.31. The van der Waals surface area contributed by atoms with Gasteiger partial charge in [0.1, 0.15) is 0 Å². The maximum Gasteiger partial charge on any atom is 0.416 e. The van der Waals surface area contributed by atoms with Crippen molar-refractivity contribution < 1.29 is 23.1 Å². The van der Waals surface area contributed by atoms with Crippen molar-refractivity contribution in [3.63, 3.8) is 0 Å². The SMILES string of the molecule is Cc1cc(N2CCC(C(=O)O)CC2)c2ccc(C(F)(F)F)cc2n1. The van der Waals surface area contributed by atoms with E-state index in [9.17, 15) is 18.0 Å². The molecule has 0 spiro atoms. The van der Waals surface area contributed by atoms with E-state index in [0.29, 0.717) is 42.5 Å². The summed E-state index contributed by atoms with van der Waals surface area (Å²) in [6.45, 7) is 2.88. The number of nitrogens with zero attached hydrogens (tertiary/aromatic N) is 2. The first kappa shape index (κ1) is 16.5. The molecule has 2 heterocycles. The number of carboxylic acid groups (broad SMARTS) is 1. The zero-order chi connectivity index (χ0) is 17.5. The van der Waals surface area contributed by atoms with E-state index in [0.717, 1.165) is 17.8 Å². The van der Waals surface area contributed by atoms with Gasteiger partial charge in [-0.2, -0.15) is 13.2 Å². The van der Waals surface area contributed by atoms with Crippen molar-refractivity contribution in [2.24, 2.45) is 5.92 Å². The number of pyridine rings is 1. The maximum absolute atomic E-state index is 12.9. The molecule has 128 valence electrons. The normalized spacial score (nSPS) is 16.6. The fourth-order valence-corrected chi connectivity index (χ4v) is 3.14. The van der Waals surface area contributed by atoms with Gasteiger partial charge in [-0.1, -0.05) is 6.07 Å². The number of aromatic nitrogens is 1. The van der Waals surface area contributed by atoms with Crippen LogP contribution in [0.2, 0.25) is 0 Å². The molecular formula is C17H17F3N2O2. The van der Waals surface area contributed by atoms with E-state index in [-0.39, 0.29) is 5.92 Å². The minimum atomic E-state index is -4.40. The molecular weight excluding hydrogens is 321 g/mol. The molecule has 1 aliphatic rings. The Labute approximate surface area is 136 Å². The molecule has 24 heavy (non-hydrogen) atoms. The fourth-order valence-electron chi connectivity index (χ4n) is 3.14. The lowest BCUT2D eigenvalue weighted by Gasteiger charge is -2.33. The summed E-state index contributed by atoms with van der Waals surface area (Å²) in [5.41, 5.74) is 1.04. The Kier molecular flexibility index (Phi) is 4.11. The Morgan fingerprint density at radius 1 is 1.25 bits per heavy atom. The van der Waals surface area contributed by atoms with Crippen molar-refractivity contribution in [2.45, 2.75) is 25.9 Å². The van der Waals surface area contributed by atoms with Crippen molar-refractivity contribution in [3.05, 3.63) is 35.5 Å². The van der Waals surface area contributed by atoms with Gasteiger partial charge in [-0.05, 0) is 38.0 Å². The van der Waals surface area contributed by atoms with Gasteiger partial charge in [-0.25, -0.2) is 0 Å². The summed E-state index contributed by atoms with van der Waals surface area (Å²) in [6.07, 6.45) is -3.35. The summed E-state index contributed by atoms with van der Waals surface area (Å²) < 4.78 is 38.7. The van der Waals surface area contributed by atoms with Crippen LogP contribution >= 0.6 is 0 Å². The van der Waals surface area contributed by atoms with E-state index in [2.05, 4.69) is 4.98 Å². The molecule has 1 aromatic carbocycles. The van der Waals surface area contributed by atoms with Gasteiger partial charge in [-0.3, -0.25) is 9.78 Å². The van der Waals surface area contributed by atoms with Crippen LogP contribution < -0.4 is 4.90 Å². The van der Waals surface area contributed by atoms with E-state index in [1.807, 2.05) is 11.0 Å². The van der Waals surface area contributed by atoms with Gasteiger partial charge in [0.05, 0.1) is 17.0 Å². The molecule has 1 aliphatic heterocycles. The Morgan fingerprint density at radius 3 is 2.50 bits per heavy atom. The molecule has 0 bridgehead atoms. The highest BCUT2D eigenvalue weighted by Crippen LogP contribution is 2.35. The van der Waals surface area contributed by atoms with Gasteiger partial charge in [0, 0.05) is 29.9 Å². The molecule has 0 radical (unpaired) electrons. The first-order chi connectivity index (χ1) is 11.3. The number of fused-ring (bicyclic) bond motifs is 1. The molecule has 0 amide bonds. The summed E-state index contributed by atoms with van der Waals surface area (Å²) in [6, 6.07) is 5.42. The summed E-state index contributed by atoms with van der Waals surface area (Å²) in [7, 11) is 0. The van der Waals surface area contributed by atoms with Gasteiger partial charge in [-0.15, -0.1) is 0 Å². The third kappa shape index (κ3) is 3.16. The second-order valence-corrected chi connectivity index (χ2v) is 6.11. The molecule has 0 unspecified atom stereocenters. The number of hydrogen-bond donors (Lipinski definition) is 1. The van der Waals surface area contributed by atoms with Crippen LogP contribution in [0.3, 0.4) is 0 Å². The quantitative estimate of drug-likeness (QED) is 0.903. The fraction of sp³-hybridized carbons (Fsp3) is 0.412. The number of benzene rings is 1. The zero-order valence-corrected chi connectivity index (χ0v) is 13.1. The summed E-state index contributed by atoms with van der Waals surface area (Å²) in [4.78, 5) is 17.3. The number of hydrogen-bond acceptors (Lipinski definition) is 3. The van der Waals surface area contributed by atoms with Crippen molar-refractivity contribution in [1.82, 2.24) is 4.98 Å². The minimum absolute atomic E-state index is 0.306. The number of aryl methyl sites for hydroxylation is 1. The van der Waals surface area contributed by atoms with Crippen LogP contribution in [-0.2, 0) is 11.0 Å². The topological polar surface area (TPSA) is 53.4 Å². The van der Waals surface area contributed by atoms with Crippen LogP contribution in [0.1, 0.15) is 24.1 Å². The molecule has 3 rings (SSSR count). The smallest absolute Gasteiger partial charge is 0.416 e. The summed E-state index contributed by atoms with van der Waals surface area (Å²) >= 11 is 0. The number of halogens is 3. The highest BCUT2D eigenvalue weighted by Gasteiger charge is 2.31. The van der Waals surface area contributed by atoms with Crippen LogP contribution in [0.25, 0.3) is 10.9 Å². The van der Waals surface area contributed by atoms with E-state index < -0.39 is 17.7 Å². The third-order valence-electron chi connectivity index (χ3n) is 4.43. The molecule has 1 fully saturated rings. The molecule has 4 nitrogen and oxygen atoms in total. The first-order valence-corrected chi connectivity index (χ1v) is 7.72. The van der Waals surface area contributed by atoms with Gasteiger partial charge in [0.25, 0.3) is 0 Å². The van der Waals surface area contributed by atoms with Crippen LogP contribution in [0.5, 0.6) is 0 Å². The molecule has 7 heteroatoms. The molecule has 0 saturated carbocycles. The standard InChI is InChI=1S/C17H17F3N2O2/c1-10-8-15(22-6-4-11(5-7-22)16(23)24)13-3-2-12(17(18,19)20)9-14(13)21-10/h2-3,8-9,11H,4-7H2,1H3,(H,23,24). The monoisotopic (exact) mass is 338 g/mol. The first-order valence-electron chi connectivity index (χ1n) is 7.72. The predicted molar refractivity (Wildman–Crippen MR) is 84.1 cm³/mol. The zero-order valence-electron chi connectivity index (χ0n) is 13.1. The average molecular weight is 338 g/mol. The van der Waals surface area contributed by atoms with Crippen molar-refractivity contribution in [2.75, 3.05) is 18.0 Å². The maximum atomic E-state index is 12.9. The molecule has 1 N–H and O–H groups in total. The van der Waals surface area contributed by atoms with Crippen LogP contribution in [0, 0.1) is 12.8 Å². The minimum Gasteiger partial charge on any atom is -0.481 e. The Balaban J connectivity index is 1.98. The molecule has 1 saturated heterocycles. The average Bonchev–Trinajstić information content (AvgIpc) is 2.52. The third-order valence-corrected chi connectivity index (χ3v) is 4.43. The van der Waals surface area contributed by atoms with Crippen molar-refractivity contribution >= 4 is 22.6 Å². The molecule has 1 aromatic heterocycles. The second kappa shape index (κ2) is 5.96. The number of piperidine rings is 1. The Morgan fingerprint density at radius 2 is 1.92 bits per heavy atom. The van der Waals surface area contributed by atoms with Crippen LogP contribution in [0.15, 0.2) is 24.3 Å². The highest BCUT2D eigenvalue weighted by atomic mass is 19.4.